The van der Waals surface area contributed by atoms with Gasteiger partial charge in [-0.1, -0.05) is 25.1 Å². The highest BCUT2D eigenvalue weighted by atomic mass is 19.1. The summed E-state index contributed by atoms with van der Waals surface area (Å²) >= 11 is 0. The zero-order chi connectivity index (χ0) is 18.7. The van der Waals surface area contributed by atoms with Gasteiger partial charge in [0.25, 0.3) is 0 Å². The molecule has 0 aliphatic carbocycles. The van der Waals surface area contributed by atoms with Crippen LogP contribution in [0, 0.1) is 12.7 Å². The topological polar surface area (TPSA) is 30.3 Å². The summed E-state index contributed by atoms with van der Waals surface area (Å²) in [6.45, 7) is 5.83. The molecule has 0 saturated heterocycles. The fourth-order valence-corrected chi connectivity index (χ4v) is 2.93. The molecule has 0 aliphatic heterocycles. The lowest BCUT2D eigenvalue weighted by Crippen LogP contribution is -2.16. The van der Waals surface area contributed by atoms with Gasteiger partial charge >= 0.3 is 0 Å². The molecule has 3 rings (SSSR count). The van der Waals surface area contributed by atoms with Gasteiger partial charge in [-0.2, -0.15) is 5.10 Å². The molecular formula is C21H24FN3O. The second kappa shape index (κ2) is 7.70. The van der Waals surface area contributed by atoms with Crippen LogP contribution in [0.4, 0.5) is 4.39 Å². The quantitative estimate of drug-likeness (QED) is 0.656. The van der Waals surface area contributed by atoms with Crippen molar-refractivity contribution in [3.63, 3.8) is 0 Å². The summed E-state index contributed by atoms with van der Waals surface area (Å²) in [7, 11) is 3.52. The molecule has 0 fully saturated rings. The monoisotopic (exact) mass is 353 g/mol. The van der Waals surface area contributed by atoms with Crippen molar-refractivity contribution in [2.75, 3.05) is 20.7 Å². The van der Waals surface area contributed by atoms with Gasteiger partial charge < -0.3 is 9.64 Å². The Bertz CT molecular complexity index is 904. The molecule has 0 saturated carbocycles. The summed E-state index contributed by atoms with van der Waals surface area (Å²) in [5, 5.41) is 4.78. The Labute approximate surface area is 153 Å². The molecular weight excluding hydrogens is 329 g/mol. The standard InChI is InChI=1S/C21H24FN3O/c1-5-24(3)13-17-14-25(19-9-7-6-8-15(19)2)23-21(17)16-10-11-20(26-4)18(22)12-16/h6-12,14H,5,13H2,1-4H3. The molecule has 136 valence electrons. The number of hydrogen-bond acceptors (Lipinski definition) is 3. The molecule has 0 atom stereocenters. The van der Waals surface area contributed by atoms with Crippen molar-refractivity contribution in [1.29, 1.82) is 0 Å². The molecule has 26 heavy (non-hydrogen) atoms. The molecule has 0 bridgehead atoms. The van der Waals surface area contributed by atoms with E-state index in [1.54, 1.807) is 6.07 Å². The Balaban J connectivity index is 2.10. The van der Waals surface area contributed by atoms with E-state index in [1.807, 2.05) is 35.1 Å². The zero-order valence-electron chi connectivity index (χ0n) is 15.7. The van der Waals surface area contributed by atoms with Crippen molar-refractivity contribution in [1.82, 2.24) is 14.7 Å². The van der Waals surface area contributed by atoms with Crippen LogP contribution in [0.5, 0.6) is 5.75 Å². The Hall–Kier alpha value is -2.66. The van der Waals surface area contributed by atoms with Crippen LogP contribution in [-0.2, 0) is 6.54 Å². The molecule has 0 unspecified atom stereocenters. The van der Waals surface area contributed by atoms with Gasteiger partial charge in [0.2, 0.25) is 0 Å². The maximum atomic E-state index is 14.2. The molecule has 2 aromatic carbocycles. The number of halogens is 1. The predicted molar refractivity (Wildman–Crippen MR) is 102 cm³/mol. The molecule has 0 aliphatic rings. The third kappa shape index (κ3) is 3.63. The van der Waals surface area contributed by atoms with Gasteiger partial charge in [-0.15, -0.1) is 0 Å². The average molecular weight is 353 g/mol. The van der Waals surface area contributed by atoms with Crippen LogP contribution in [0.1, 0.15) is 18.1 Å². The van der Waals surface area contributed by atoms with Crippen LogP contribution >= 0.6 is 0 Å². The van der Waals surface area contributed by atoms with E-state index in [0.717, 1.165) is 41.2 Å². The fraction of sp³-hybridized carbons (Fsp3) is 0.286. The lowest BCUT2D eigenvalue weighted by Gasteiger charge is -2.13. The zero-order valence-corrected chi connectivity index (χ0v) is 15.7. The molecule has 0 N–H and O–H groups in total. The smallest absolute Gasteiger partial charge is 0.165 e. The first-order valence-corrected chi connectivity index (χ1v) is 8.70. The third-order valence-electron chi connectivity index (χ3n) is 4.56. The van der Waals surface area contributed by atoms with Crippen LogP contribution in [0.25, 0.3) is 16.9 Å². The molecule has 1 aromatic heterocycles. The van der Waals surface area contributed by atoms with Crippen LogP contribution in [0.15, 0.2) is 48.7 Å². The predicted octanol–water partition coefficient (Wildman–Crippen LogP) is 4.45. The van der Waals surface area contributed by atoms with Gasteiger partial charge in [0.05, 0.1) is 18.5 Å². The van der Waals surface area contributed by atoms with Crippen LogP contribution in [-0.4, -0.2) is 35.4 Å². The minimum atomic E-state index is -0.384. The summed E-state index contributed by atoms with van der Waals surface area (Å²) in [6.07, 6.45) is 2.03. The molecule has 5 heteroatoms. The number of para-hydroxylation sites is 1. The summed E-state index contributed by atoms with van der Waals surface area (Å²) in [5.74, 6) is -0.149. The van der Waals surface area contributed by atoms with Gasteiger partial charge in [-0.05, 0) is 50.3 Å². The summed E-state index contributed by atoms with van der Waals surface area (Å²) < 4.78 is 21.1. The van der Waals surface area contributed by atoms with Crippen LogP contribution < -0.4 is 4.74 Å². The van der Waals surface area contributed by atoms with Gasteiger partial charge in [0.1, 0.15) is 0 Å². The number of ether oxygens (including phenoxy) is 1. The van der Waals surface area contributed by atoms with E-state index in [1.165, 1.54) is 13.2 Å². The largest absolute Gasteiger partial charge is 0.494 e. The van der Waals surface area contributed by atoms with Crippen molar-refractivity contribution < 1.29 is 9.13 Å². The highest BCUT2D eigenvalue weighted by Crippen LogP contribution is 2.29. The highest BCUT2D eigenvalue weighted by Gasteiger charge is 2.16. The first-order chi connectivity index (χ1) is 12.5. The van der Waals surface area contributed by atoms with Gasteiger partial charge in [0.15, 0.2) is 11.6 Å². The molecule has 4 nitrogen and oxygen atoms in total. The second-order valence-corrected chi connectivity index (χ2v) is 6.41. The molecule has 0 spiro atoms. The number of hydrogen-bond donors (Lipinski definition) is 0. The first kappa shape index (κ1) is 18.1. The van der Waals surface area contributed by atoms with Gasteiger partial charge in [-0.25, -0.2) is 9.07 Å². The Kier molecular flexibility index (Phi) is 5.38. The Morgan fingerprint density at radius 3 is 2.62 bits per heavy atom. The highest BCUT2D eigenvalue weighted by molar-refractivity contribution is 5.64. The van der Waals surface area contributed by atoms with Crippen molar-refractivity contribution in [3.05, 3.63) is 65.6 Å². The van der Waals surface area contributed by atoms with E-state index < -0.39 is 0 Å². The lowest BCUT2D eigenvalue weighted by atomic mass is 10.1. The molecule has 0 amide bonds. The minimum absolute atomic E-state index is 0.235. The second-order valence-electron chi connectivity index (χ2n) is 6.41. The molecule has 3 aromatic rings. The van der Waals surface area contributed by atoms with E-state index >= 15 is 0 Å². The summed E-state index contributed by atoms with van der Waals surface area (Å²) in [4.78, 5) is 2.20. The number of rotatable bonds is 6. The number of aryl methyl sites for hydroxylation is 1. The SMILES string of the molecule is CCN(C)Cc1cn(-c2ccccc2C)nc1-c1ccc(OC)c(F)c1. The van der Waals surface area contributed by atoms with E-state index in [-0.39, 0.29) is 11.6 Å². The minimum Gasteiger partial charge on any atom is -0.494 e. The first-order valence-electron chi connectivity index (χ1n) is 8.70. The molecule has 1 heterocycles. The van der Waals surface area contributed by atoms with Gasteiger partial charge in [-0.3, -0.25) is 0 Å². The van der Waals surface area contributed by atoms with Crippen molar-refractivity contribution in [3.8, 4) is 22.7 Å². The van der Waals surface area contributed by atoms with E-state index in [0.29, 0.717) is 0 Å². The van der Waals surface area contributed by atoms with E-state index in [9.17, 15) is 4.39 Å². The van der Waals surface area contributed by atoms with Crippen LogP contribution in [0.3, 0.4) is 0 Å². The Morgan fingerprint density at radius 2 is 1.96 bits per heavy atom. The summed E-state index contributed by atoms with van der Waals surface area (Å²) in [6, 6.07) is 13.1. The van der Waals surface area contributed by atoms with Crippen LogP contribution in [0.2, 0.25) is 0 Å². The van der Waals surface area contributed by atoms with Gasteiger partial charge in [0, 0.05) is 23.9 Å². The lowest BCUT2D eigenvalue weighted by molar-refractivity contribution is 0.346. The van der Waals surface area contributed by atoms with Crippen molar-refractivity contribution in [2.45, 2.75) is 20.4 Å². The fourth-order valence-electron chi connectivity index (χ4n) is 2.93. The number of nitrogens with zero attached hydrogens (tertiary/aromatic N) is 3. The number of methoxy groups -OCH3 is 1. The maximum absolute atomic E-state index is 14.2. The van der Waals surface area contributed by atoms with Crippen molar-refractivity contribution >= 4 is 0 Å². The Morgan fingerprint density at radius 1 is 1.19 bits per heavy atom. The van der Waals surface area contributed by atoms with Crippen molar-refractivity contribution in [2.24, 2.45) is 0 Å². The normalized spacial score (nSPS) is 11.2. The van der Waals surface area contributed by atoms with E-state index in [4.69, 9.17) is 9.84 Å². The summed E-state index contributed by atoms with van der Waals surface area (Å²) in [5.41, 5.74) is 4.75. The maximum Gasteiger partial charge on any atom is 0.165 e. The third-order valence-corrected chi connectivity index (χ3v) is 4.56. The number of benzene rings is 2. The molecule has 0 radical (unpaired) electrons. The number of aromatic nitrogens is 2. The average Bonchev–Trinajstić information content (AvgIpc) is 3.05. The van der Waals surface area contributed by atoms with E-state index in [2.05, 4.69) is 31.9 Å².